The van der Waals surface area contributed by atoms with E-state index in [1.165, 1.54) is 0 Å². The third-order valence-corrected chi connectivity index (χ3v) is 2.71. The summed E-state index contributed by atoms with van der Waals surface area (Å²) in [6, 6.07) is 1.55. The number of benzene rings is 1. The molecule has 1 rings (SSSR count). The maximum absolute atomic E-state index is 10.9. The normalized spacial score (nSPS) is 10.2. The molecule has 0 radical (unpaired) electrons. The van der Waals surface area contributed by atoms with Crippen molar-refractivity contribution >= 4 is 17.6 Å². The van der Waals surface area contributed by atoms with E-state index in [2.05, 4.69) is 0 Å². The van der Waals surface area contributed by atoms with Gasteiger partial charge in [-0.25, -0.2) is 0 Å². The molecular formula is C14H19ClO5. The first kappa shape index (κ1) is 16.4. The molecule has 0 aromatic heterocycles. The van der Waals surface area contributed by atoms with E-state index in [4.69, 9.17) is 30.9 Å². The average Bonchev–Trinajstić information content (AvgIpc) is 2.37. The van der Waals surface area contributed by atoms with E-state index < -0.39 is 5.97 Å². The predicted molar refractivity (Wildman–Crippen MR) is 76.3 cm³/mol. The summed E-state index contributed by atoms with van der Waals surface area (Å²) in [7, 11) is 0. The number of rotatable bonds is 8. The van der Waals surface area contributed by atoms with Gasteiger partial charge in [0.25, 0.3) is 0 Å². The molecule has 1 aromatic rings. The Morgan fingerprint density at radius 3 is 2.05 bits per heavy atom. The van der Waals surface area contributed by atoms with Crippen LogP contribution in [0.4, 0.5) is 0 Å². The van der Waals surface area contributed by atoms with Crippen molar-refractivity contribution < 1.29 is 24.1 Å². The zero-order valence-corrected chi connectivity index (χ0v) is 12.6. The van der Waals surface area contributed by atoms with Crippen molar-refractivity contribution in [1.29, 1.82) is 0 Å². The Morgan fingerprint density at radius 1 is 1.05 bits per heavy atom. The predicted octanol–water partition coefficient (Wildman–Crippen LogP) is 3.16. The Hall–Kier alpha value is -1.62. The summed E-state index contributed by atoms with van der Waals surface area (Å²) >= 11 is 6.15. The second kappa shape index (κ2) is 7.85. The van der Waals surface area contributed by atoms with Crippen LogP contribution in [-0.4, -0.2) is 30.9 Å². The van der Waals surface area contributed by atoms with E-state index in [-0.39, 0.29) is 6.42 Å². The number of aliphatic carboxylic acids is 1. The highest BCUT2D eigenvalue weighted by Crippen LogP contribution is 2.45. The molecule has 112 valence electrons. The molecule has 1 aromatic carbocycles. The van der Waals surface area contributed by atoms with Crippen molar-refractivity contribution in [1.82, 2.24) is 0 Å². The standard InChI is InChI=1S/C14H19ClO5/c1-4-18-12-9(8-11(16)17)7-10(15)13(19-5-2)14(12)20-6-3/h7H,4-6,8H2,1-3H3,(H,16,17). The second-order valence-corrected chi connectivity index (χ2v) is 4.28. The fourth-order valence-electron chi connectivity index (χ4n) is 1.79. The van der Waals surface area contributed by atoms with Gasteiger partial charge in [0.15, 0.2) is 11.5 Å². The lowest BCUT2D eigenvalue weighted by atomic mass is 10.1. The quantitative estimate of drug-likeness (QED) is 0.799. The minimum Gasteiger partial charge on any atom is -0.490 e. The van der Waals surface area contributed by atoms with Crippen LogP contribution in [0.15, 0.2) is 6.07 Å². The minimum absolute atomic E-state index is 0.193. The van der Waals surface area contributed by atoms with Crippen molar-refractivity contribution in [2.24, 2.45) is 0 Å². The first-order chi connectivity index (χ1) is 9.54. The third-order valence-electron chi connectivity index (χ3n) is 2.43. The molecule has 0 aliphatic rings. The SMILES string of the molecule is CCOc1c(Cl)cc(CC(=O)O)c(OCC)c1OCC. The fraction of sp³-hybridized carbons (Fsp3) is 0.500. The van der Waals surface area contributed by atoms with E-state index in [9.17, 15) is 4.79 Å². The fourth-order valence-corrected chi connectivity index (χ4v) is 2.06. The number of hydrogen-bond donors (Lipinski definition) is 1. The smallest absolute Gasteiger partial charge is 0.307 e. The van der Waals surface area contributed by atoms with Crippen LogP contribution in [0.3, 0.4) is 0 Å². The van der Waals surface area contributed by atoms with Gasteiger partial charge < -0.3 is 19.3 Å². The van der Waals surface area contributed by atoms with E-state index in [1.54, 1.807) is 6.07 Å². The highest BCUT2D eigenvalue weighted by atomic mass is 35.5. The Labute approximate surface area is 123 Å². The monoisotopic (exact) mass is 302 g/mol. The number of hydrogen-bond acceptors (Lipinski definition) is 4. The van der Waals surface area contributed by atoms with Gasteiger partial charge in [-0.2, -0.15) is 0 Å². The molecule has 20 heavy (non-hydrogen) atoms. The Morgan fingerprint density at radius 2 is 1.55 bits per heavy atom. The van der Waals surface area contributed by atoms with Crippen molar-refractivity contribution in [3.05, 3.63) is 16.7 Å². The molecule has 0 heterocycles. The van der Waals surface area contributed by atoms with Gasteiger partial charge in [-0.05, 0) is 26.8 Å². The summed E-state index contributed by atoms with van der Waals surface area (Å²) in [6.45, 7) is 6.67. The molecule has 0 spiro atoms. The molecule has 0 aliphatic heterocycles. The lowest BCUT2D eigenvalue weighted by molar-refractivity contribution is -0.136. The number of carboxylic acids is 1. The summed E-state index contributed by atoms with van der Waals surface area (Å²) < 4.78 is 16.6. The van der Waals surface area contributed by atoms with Crippen LogP contribution < -0.4 is 14.2 Å². The van der Waals surface area contributed by atoms with Crippen LogP contribution in [-0.2, 0) is 11.2 Å². The average molecular weight is 303 g/mol. The van der Waals surface area contributed by atoms with Crippen molar-refractivity contribution in [2.45, 2.75) is 27.2 Å². The molecule has 0 bridgehead atoms. The van der Waals surface area contributed by atoms with Gasteiger partial charge in [0.1, 0.15) is 0 Å². The maximum atomic E-state index is 10.9. The molecule has 0 saturated carbocycles. The lowest BCUT2D eigenvalue weighted by Crippen LogP contribution is -2.08. The largest absolute Gasteiger partial charge is 0.490 e. The van der Waals surface area contributed by atoms with Crippen LogP contribution in [0.2, 0.25) is 5.02 Å². The molecular weight excluding hydrogens is 284 g/mol. The maximum Gasteiger partial charge on any atom is 0.307 e. The van der Waals surface area contributed by atoms with Gasteiger partial charge in [-0.1, -0.05) is 11.6 Å². The third kappa shape index (κ3) is 3.93. The van der Waals surface area contributed by atoms with E-state index in [0.717, 1.165) is 0 Å². The Kier molecular flexibility index (Phi) is 6.45. The molecule has 0 saturated heterocycles. The minimum atomic E-state index is -0.964. The van der Waals surface area contributed by atoms with Gasteiger partial charge in [0.2, 0.25) is 5.75 Å². The highest BCUT2D eigenvalue weighted by Gasteiger charge is 2.22. The molecule has 6 heteroatoms. The van der Waals surface area contributed by atoms with Gasteiger partial charge in [-0.3, -0.25) is 4.79 Å². The van der Waals surface area contributed by atoms with E-state index >= 15 is 0 Å². The van der Waals surface area contributed by atoms with Crippen LogP contribution in [0, 0.1) is 0 Å². The number of carbonyl (C=O) groups is 1. The topological polar surface area (TPSA) is 65.0 Å². The van der Waals surface area contributed by atoms with Crippen molar-refractivity contribution in [3.8, 4) is 17.2 Å². The first-order valence-electron chi connectivity index (χ1n) is 6.50. The van der Waals surface area contributed by atoms with Gasteiger partial charge in [0.05, 0.1) is 31.3 Å². The zero-order chi connectivity index (χ0) is 15.1. The van der Waals surface area contributed by atoms with Crippen LogP contribution >= 0.6 is 11.6 Å². The number of halogens is 1. The second-order valence-electron chi connectivity index (χ2n) is 3.87. The van der Waals surface area contributed by atoms with Crippen molar-refractivity contribution in [3.63, 3.8) is 0 Å². The summed E-state index contributed by atoms with van der Waals surface area (Å²) in [5.41, 5.74) is 0.469. The molecule has 0 amide bonds. The molecule has 0 unspecified atom stereocenters. The Balaban J connectivity index is 3.41. The molecule has 1 N–H and O–H groups in total. The number of ether oxygens (including phenoxy) is 3. The van der Waals surface area contributed by atoms with Crippen molar-refractivity contribution in [2.75, 3.05) is 19.8 Å². The van der Waals surface area contributed by atoms with Crippen LogP contribution in [0.5, 0.6) is 17.2 Å². The highest BCUT2D eigenvalue weighted by molar-refractivity contribution is 6.32. The zero-order valence-electron chi connectivity index (χ0n) is 11.9. The van der Waals surface area contributed by atoms with Gasteiger partial charge in [0, 0.05) is 5.56 Å². The summed E-state index contributed by atoms with van der Waals surface area (Å²) in [4.78, 5) is 10.9. The Bertz CT molecular complexity index is 473. The molecule has 0 aliphatic carbocycles. The van der Waals surface area contributed by atoms with E-state index in [1.807, 2.05) is 20.8 Å². The van der Waals surface area contributed by atoms with Crippen LogP contribution in [0.1, 0.15) is 26.3 Å². The van der Waals surface area contributed by atoms with Gasteiger partial charge in [-0.15, -0.1) is 0 Å². The van der Waals surface area contributed by atoms with E-state index in [0.29, 0.717) is 47.7 Å². The summed E-state index contributed by atoms with van der Waals surface area (Å²) in [5.74, 6) is 0.159. The molecule has 0 fully saturated rings. The summed E-state index contributed by atoms with van der Waals surface area (Å²) in [6.07, 6.45) is -0.193. The van der Waals surface area contributed by atoms with Crippen LogP contribution in [0.25, 0.3) is 0 Å². The summed E-state index contributed by atoms with van der Waals surface area (Å²) in [5, 5.41) is 9.29. The van der Waals surface area contributed by atoms with Gasteiger partial charge >= 0.3 is 5.97 Å². The number of carboxylic acid groups (broad SMARTS) is 1. The lowest BCUT2D eigenvalue weighted by Gasteiger charge is -2.19. The molecule has 5 nitrogen and oxygen atoms in total. The first-order valence-corrected chi connectivity index (χ1v) is 6.88. The molecule has 0 atom stereocenters.